The van der Waals surface area contributed by atoms with Crippen LogP contribution in [-0.2, 0) is 4.79 Å². The quantitative estimate of drug-likeness (QED) is 0.694. The standard InChI is InChI=1S/C23H30N4O/c1-3-26(4-2)17-20(28)9-7-18-11-14-27(15-12-18)22-10-8-19(16-24)23-21(22)6-5-13-25-23/h5-6,8,10,13,18H,3-4,7,9,11-12,14-15,17H2,1-2H3. The van der Waals surface area contributed by atoms with E-state index in [-0.39, 0.29) is 0 Å². The van der Waals surface area contributed by atoms with Crippen molar-refractivity contribution < 1.29 is 4.79 Å². The van der Waals surface area contributed by atoms with Crippen LogP contribution in [0.2, 0.25) is 0 Å². The molecule has 0 N–H and O–H groups in total. The van der Waals surface area contributed by atoms with Crippen molar-refractivity contribution in [2.45, 2.75) is 39.5 Å². The Labute approximate surface area is 168 Å². The Morgan fingerprint density at radius 1 is 1.25 bits per heavy atom. The van der Waals surface area contributed by atoms with E-state index in [0.29, 0.717) is 30.2 Å². The normalized spacial score (nSPS) is 15.1. The van der Waals surface area contributed by atoms with Crippen molar-refractivity contribution >= 4 is 22.4 Å². The van der Waals surface area contributed by atoms with Crippen molar-refractivity contribution in [2.75, 3.05) is 37.6 Å². The molecule has 3 rings (SSSR count). The zero-order valence-electron chi connectivity index (χ0n) is 17.0. The molecule has 1 aromatic carbocycles. The summed E-state index contributed by atoms with van der Waals surface area (Å²) in [5.74, 6) is 0.995. The number of pyridine rings is 1. The van der Waals surface area contributed by atoms with Crippen LogP contribution in [0, 0.1) is 17.2 Å². The molecule has 1 saturated heterocycles. The first-order valence-electron chi connectivity index (χ1n) is 10.4. The smallest absolute Gasteiger partial charge is 0.146 e. The third-order valence-corrected chi connectivity index (χ3v) is 5.95. The zero-order chi connectivity index (χ0) is 19.9. The van der Waals surface area contributed by atoms with Crippen molar-refractivity contribution in [3.05, 3.63) is 36.0 Å². The molecule has 1 aliphatic heterocycles. The van der Waals surface area contributed by atoms with E-state index < -0.39 is 0 Å². The summed E-state index contributed by atoms with van der Waals surface area (Å²) in [6.45, 7) is 8.66. The molecule has 28 heavy (non-hydrogen) atoms. The number of hydrogen-bond donors (Lipinski definition) is 0. The monoisotopic (exact) mass is 378 g/mol. The summed E-state index contributed by atoms with van der Waals surface area (Å²) >= 11 is 0. The molecule has 1 aromatic heterocycles. The van der Waals surface area contributed by atoms with E-state index in [9.17, 15) is 10.1 Å². The summed E-state index contributed by atoms with van der Waals surface area (Å²) in [5, 5.41) is 10.4. The van der Waals surface area contributed by atoms with Gasteiger partial charge >= 0.3 is 0 Å². The van der Waals surface area contributed by atoms with Crippen LogP contribution in [0.3, 0.4) is 0 Å². The van der Waals surface area contributed by atoms with Gasteiger partial charge in [0.15, 0.2) is 0 Å². The summed E-state index contributed by atoms with van der Waals surface area (Å²) in [4.78, 5) is 21.2. The van der Waals surface area contributed by atoms with Crippen LogP contribution in [0.15, 0.2) is 30.5 Å². The van der Waals surface area contributed by atoms with Gasteiger partial charge in [-0.1, -0.05) is 13.8 Å². The summed E-state index contributed by atoms with van der Waals surface area (Å²) in [7, 11) is 0. The third-order valence-electron chi connectivity index (χ3n) is 5.95. The van der Waals surface area contributed by atoms with E-state index in [1.807, 2.05) is 12.1 Å². The number of Topliss-reactive ketones (excluding diaryl/α,β-unsaturated/α-hetero) is 1. The second kappa shape index (κ2) is 9.66. The summed E-state index contributed by atoms with van der Waals surface area (Å²) in [6.07, 6.45) is 5.67. The lowest BCUT2D eigenvalue weighted by Gasteiger charge is -2.34. The number of aromatic nitrogens is 1. The first kappa shape index (κ1) is 20.3. The molecule has 5 heteroatoms. The molecule has 1 fully saturated rings. The number of likely N-dealkylation sites (N-methyl/N-ethyl adjacent to an activating group) is 1. The number of nitrogens with zero attached hydrogens (tertiary/aromatic N) is 4. The van der Waals surface area contributed by atoms with Gasteiger partial charge in [0.25, 0.3) is 0 Å². The highest BCUT2D eigenvalue weighted by atomic mass is 16.1. The lowest BCUT2D eigenvalue weighted by molar-refractivity contribution is -0.120. The lowest BCUT2D eigenvalue weighted by atomic mass is 9.90. The van der Waals surface area contributed by atoms with Crippen LogP contribution < -0.4 is 4.90 Å². The number of nitriles is 1. The molecule has 148 valence electrons. The van der Waals surface area contributed by atoms with E-state index in [0.717, 1.165) is 62.0 Å². The fourth-order valence-electron chi connectivity index (χ4n) is 4.13. The van der Waals surface area contributed by atoms with Gasteiger partial charge in [0.2, 0.25) is 0 Å². The largest absolute Gasteiger partial charge is 0.371 e. The molecule has 1 aliphatic rings. The van der Waals surface area contributed by atoms with Crippen molar-refractivity contribution in [1.82, 2.24) is 9.88 Å². The summed E-state index contributed by atoms with van der Waals surface area (Å²) in [6, 6.07) is 10.2. The fraction of sp³-hybridized carbons (Fsp3) is 0.522. The average Bonchev–Trinajstić information content (AvgIpc) is 2.75. The minimum absolute atomic E-state index is 0.371. The number of benzene rings is 1. The fourth-order valence-corrected chi connectivity index (χ4v) is 4.13. The maximum absolute atomic E-state index is 12.2. The van der Waals surface area contributed by atoms with E-state index >= 15 is 0 Å². The second-order valence-corrected chi connectivity index (χ2v) is 7.61. The van der Waals surface area contributed by atoms with Gasteiger partial charge in [-0.25, -0.2) is 0 Å². The predicted molar refractivity (Wildman–Crippen MR) is 113 cm³/mol. The van der Waals surface area contributed by atoms with Crippen molar-refractivity contribution in [1.29, 1.82) is 5.26 Å². The molecule has 0 bridgehead atoms. The highest BCUT2D eigenvalue weighted by molar-refractivity contribution is 5.95. The molecule has 5 nitrogen and oxygen atoms in total. The van der Waals surface area contributed by atoms with Gasteiger partial charge in [-0.2, -0.15) is 5.26 Å². The predicted octanol–water partition coefficient (Wildman–Crippen LogP) is 4.01. The van der Waals surface area contributed by atoms with Gasteiger partial charge in [-0.3, -0.25) is 14.7 Å². The molecule has 0 unspecified atom stereocenters. The number of piperidine rings is 1. The first-order valence-corrected chi connectivity index (χ1v) is 10.4. The van der Waals surface area contributed by atoms with Crippen LogP contribution in [0.1, 0.15) is 45.1 Å². The lowest BCUT2D eigenvalue weighted by Crippen LogP contribution is -2.34. The Morgan fingerprint density at radius 3 is 2.68 bits per heavy atom. The Kier molecular flexibility index (Phi) is 7.00. The molecule has 0 atom stereocenters. The average molecular weight is 379 g/mol. The van der Waals surface area contributed by atoms with Crippen molar-refractivity contribution in [3.63, 3.8) is 0 Å². The number of carbonyl (C=O) groups is 1. The van der Waals surface area contributed by atoms with Crippen LogP contribution in [0.4, 0.5) is 5.69 Å². The van der Waals surface area contributed by atoms with Crippen molar-refractivity contribution in [3.8, 4) is 6.07 Å². The summed E-state index contributed by atoms with van der Waals surface area (Å²) < 4.78 is 0. The third kappa shape index (κ3) is 4.69. The Balaban J connectivity index is 1.57. The topological polar surface area (TPSA) is 60.2 Å². The van der Waals surface area contributed by atoms with E-state index in [4.69, 9.17) is 0 Å². The Hall–Kier alpha value is -2.45. The maximum atomic E-state index is 12.2. The molecule has 2 aromatic rings. The van der Waals surface area contributed by atoms with Crippen LogP contribution in [-0.4, -0.2) is 48.4 Å². The van der Waals surface area contributed by atoms with Crippen LogP contribution >= 0.6 is 0 Å². The second-order valence-electron chi connectivity index (χ2n) is 7.61. The minimum Gasteiger partial charge on any atom is -0.371 e. The molecule has 0 amide bonds. The van der Waals surface area contributed by atoms with Crippen molar-refractivity contribution in [2.24, 2.45) is 5.92 Å². The summed E-state index contributed by atoms with van der Waals surface area (Å²) in [5.41, 5.74) is 2.57. The molecule has 2 heterocycles. The molecular formula is C23H30N4O. The number of ketones is 1. The molecule has 0 saturated carbocycles. The van der Waals surface area contributed by atoms with Gasteiger partial charge in [0, 0.05) is 36.8 Å². The number of anilines is 1. The molecule has 0 radical (unpaired) electrons. The molecule has 0 spiro atoms. The number of hydrogen-bond acceptors (Lipinski definition) is 5. The Bertz CT molecular complexity index is 845. The molecular weight excluding hydrogens is 348 g/mol. The van der Waals surface area contributed by atoms with Gasteiger partial charge in [-0.05, 0) is 62.5 Å². The van der Waals surface area contributed by atoms with Crippen LogP contribution in [0.5, 0.6) is 0 Å². The van der Waals surface area contributed by atoms with E-state index in [1.54, 1.807) is 6.20 Å². The maximum Gasteiger partial charge on any atom is 0.146 e. The van der Waals surface area contributed by atoms with Gasteiger partial charge < -0.3 is 4.90 Å². The van der Waals surface area contributed by atoms with Gasteiger partial charge in [-0.15, -0.1) is 0 Å². The zero-order valence-corrected chi connectivity index (χ0v) is 17.0. The number of rotatable bonds is 8. The van der Waals surface area contributed by atoms with Gasteiger partial charge in [0.1, 0.15) is 11.9 Å². The van der Waals surface area contributed by atoms with Gasteiger partial charge in [0.05, 0.1) is 17.6 Å². The Morgan fingerprint density at radius 2 is 2.00 bits per heavy atom. The minimum atomic E-state index is 0.371. The van der Waals surface area contributed by atoms with Crippen LogP contribution in [0.25, 0.3) is 10.9 Å². The van der Waals surface area contributed by atoms with E-state index in [2.05, 4.69) is 46.8 Å². The van der Waals surface area contributed by atoms with E-state index in [1.165, 1.54) is 0 Å². The number of fused-ring (bicyclic) bond motifs is 1. The number of carbonyl (C=O) groups excluding carboxylic acids is 1. The highest BCUT2D eigenvalue weighted by Crippen LogP contribution is 2.32. The SMILES string of the molecule is CCN(CC)CC(=O)CCC1CCN(c2ccc(C#N)c3ncccc23)CC1. The molecule has 0 aliphatic carbocycles. The highest BCUT2D eigenvalue weighted by Gasteiger charge is 2.22. The first-order chi connectivity index (χ1) is 13.7.